The van der Waals surface area contributed by atoms with Crippen LogP contribution in [0.15, 0.2) is 47.8 Å². The van der Waals surface area contributed by atoms with Gasteiger partial charge in [-0.25, -0.2) is 0 Å². The highest BCUT2D eigenvalue weighted by atomic mass is 32.2. The van der Waals surface area contributed by atoms with E-state index >= 15 is 0 Å². The molecule has 3 heterocycles. The van der Waals surface area contributed by atoms with Gasteiger partial charge in [-0.3, -0.25) is 4.79 Å². The maximum absolute atomic E-state index is 12.2. The van der Waals surface area contributed by atoms with Gasteiger partial charge in [0.15, 0.2) is 0 Å². The van der Waals surface area contributed by atoms with Crippen LogP contribution in [0.25, 0.3) is 16.3 Å². The lowest BCUT2D eigenvalue weighted by atomic mass is 10.1. The van der Waals surface area contributed by atoms with E-state index in [0.29, 0.717) is 23.3 Å². The highest BCUT2D eigenvalue weighted by Gasteiger charge is 2.25. The Morgan fingerprint density at radius 3 is 3.05 bits per heavy atom. The zero-order valence-corrected chi connectivity index (χ0v) is 12.9. The first-order valence-corrected chi connectivity index (χ1v) is 8.17. The first-order chi connectivity index (χ1) is 10.8. The van der Waals surface area contributed by atoms with Gasteiger partial charge in [-0.15, -0.1) is 0 Å². The van der Waals surface area contributed by atoms with E-state index in [9.17, 15) is 4.79 Å². The van der Waals surface area contributed by atoms with Gasteiger partial charge in [0.2, 0.25) is 5.12 Å². The van der Waals surface area contributed by atoms with E-state index in [1.165, 1.54) is 17.1 Å². The number of hydrogen-bond donors (Lipinski definition) is 0. The van der Waals surface area contributed by atoms with Crippen molar-refractivity contribution in [3.05, 3.63) is 59.2 Å². The number of rotatable bonds is 2. The first-order valence-electron chi connectivity index (χ1n) is 7.18. The molecule has 0 unspecified atom stereocenters. The van der Waals surface area contributed by atoms with Gasteiger partial charge < -0.3 is 9.24 Å². The van der Waals surface area contributed by atoms with Crippen LogP contribution < -0.4 is 5.36 Å². The van der Waals surface area contributed by atoms with Gasteiger partial charge in [0, 0.05) is 23.0 Å². The third-order valence-electron chi connectivity index (χ3n) is 3.84. The molecule has 0 radical (unpaired) electrons. The van der Waals surface area contributed by atoms with E-state index in [4.69, 9.17) is 4.84 Å². The Bertz CT molecular complexity index is 975. The summed E-state index contributed by atoms with van der Waals surface area (Å²) in [6, 6.07) is 12.2. The molecule has 0 saturated carbocycles. The molecule has 0 fully saturated rings. The Balaban J connectivity index is 2.17. The summed E-state index contributed by atoms with van der Waals surface area (Å²) in [5, 5.41) is 7.16. The number of thioether (sulfide) groups is 1. The highest BCUT2D eigenvalue weighted by molar-refractivity contribution is 8.13. The largest absolute Gasteiger partial charge is 0.396 e. The van der Waals surface area contributed by atoms with Crippen LogP contribution in [0.4, 0.5) is 0 Å². The van der Waals surface area contributed by atoms with Crippen LogP contribution in [0.3, 0.4) is 0 Å². The molecule has 0 aliphatic carbocycles. The lowest BCUT2D eigenvalue weighted by Gasteiger charge is -2.10. The molecule has 110 valence electrons. The van der Waals surface area contributed by atoms with Crippen LogP contribution in [0.2, 0.25) is 0 Å². The molecule has 1 aromatic carbocycles. The second kappa shape index (κ2) is 5.18. The van der Waals surface area contributed by atoms with Crippen molar-refractivity contribution in [2.45, 2.75) is 12.7 Å². The Morgan fingerprint density at radius 1 is 1.32 bits per heavy atom. The SMILES string of the molecule is CCO/N=c1\cc2c3ccccc3ccn2c2c1C(=O)SC2. The van der Waals surface area contributed by atoms with Gasteiger partial charge in [-0.1, -0.05) is 41.2 Å². The number of nitrogens with zero attached hydrogens (tertiary/aromatic N) is 2. The Labute approximate surface area is 131 Å². The van der Waals surface area contributed by atoms with Crippen molar-refractivity contribution in [3.8, 4) is 0 Å². The van der Waals surface area contributed by atoms with E-state index in [1.807, 2.05) is 31.3 Å². The van der Waals surface area contributed by atoms with Gasteiger partial charge >= 0.3 is 0 Å². The summed E-state index contributed by atoms with van der Waals surface area (Å²) in [7, 11) is 0. The summed E-state index contributed by atoms with van der Waals surface area (Å²) in [6.45, 7) is 2.36. The first kappa shape index (κ1) is 13.4. The summed E-state index contributed by atoms with van der Waals surface area (Å²) < 4.78 is 2.10. The molecule has 5 heteroatoms. The van der Waals surface area contributed by atoms with E-state index in [2.05, 4.69) is 27.8 Å². The topological polar surface area (TPSA) is 43.1 Å². The fourth-order valence-electron chi connectivity index (χ4n) is 2.87. The number of fused-ring (bicyclic) bond motifs is 5. The maximum Gasteiger partial charge on any atom is 0.223 e. The van der Waals surface area contributed by atoms with Gasteiger partial charge in [0.1, 0.15) is 12.0 Å². The number of hydrogen-bond acceptors (Lipinski definition) is 4. The van der Waals surface area contributed by atoms with Crippen LogP contribution in [0, 0.1) is 0 Å². The third kappa shape index (κ3) is 1.93. The molecule has 1 aliphatic heterocycles. The van der Waals surface area contributed by atoms with Crippen molar-refractivity contribution >= 4 is 33.2 Å². The average molecular weight is 310 g/mol. The molecule has 0 bridgehead atoms. The lowest BCUT2D eigenvalue weighted by molar-refractivity contribution is 0.108. The molecular formula is C17H14N2O2S. The third-order valence-corrected chi connectivity index (χ3v) is 4.73. The Hall–Kier alpha value is -2.27. The minimum atomic E-state index is 0.0658. The van der Waals surface area contributed by atoms with Crippen LogP contribution in [-0.2, 0) is 10.6 Å². The molecular weight excluding hydrogens is 296 g/mol. The summed E-state index contributed by atoms with van der Waals surface area (Å²) in [5.41, 5.74) is 2.72. The van der Waals surface area contributed by atoms with E-state index in [-0.39, 0.29) is 5.12 Å². The normalized spacial score (nSPS) is 14.8. The minimum absolute atomic E-state index is 0.0658. The van der Waals surface area contributed by atoms with Gasteiger partial charge in [-0.2, -0.15) is 0 Å². The molecule has 2 aromatic heterocycles. The molecule has 0 amide bonds. The molecule has 0 spiro atoms. The smallest absolute Gasteiger partial charge is 0.223 e. The van der Waals surface area contributed by atoms with Crippen LogP contribution >= 0.6 is 11.8 Å². The molecule has 3 aromatic rings. The summed E-state index contributed by atoms with van der Waals surface area (Å²) >= 11 is 1.32. The van der Waals surface area contributed by atoms with Crippen molar-refractivity contribution < 1.29 is 9.63 Å². The van der Waals surface area contributed by atoms with E-state index < -0.39 is 0 Å². The van der Waals surface area contributed by atoms with E-state index in [0.717, 1.165) is 16.6 Å². The molecule has 4 rings (SSSR count). The minimum Gasteiger partial charge on any atom is -0.396 e. The van der Waals surface area contributed by atoms with Gasteiger partial charge in [-0.05, 0) is 24.4 Å². The highest BCUT2D eigenvalue weighted by Crippen LogP contribution is 2.30. The zero-order chi connectivity index (χ0) is 15.1. The van der Waals surface area contributed by atoms with Crippen LogP contribution in [0.1, 0.15) is 23.0 Å². The zero-order valence-electron chi connectivity index (χ0n) is 12.1. The van der Waals surface area contributed by atoms with Crippen LogP contribution in [0.5, 0.6) is 0 Å². The van der Waals surface area contributed by atoms with Crippen LogP contribution in [-0.4, -0.2) is 16.1 Å². The molecule has 22 heavy (non-hydrogen) atoms. The molecule has 4 nitrogen and oxygen atoms in total. The fourth-order valence-corrected chi connectivity index (χ4v) is 3.79. The summed E-state index contributed by atoms with van der Waals surface area (Å²) in [4.78, 5) is 17.4. The van der Waals surface area contributed by atoms with Crippen molar-refractivity contribution in [3.63, 3.8) is 0 Å². The summed E-state index contributed by atoms with van der Waals surface area (Å²) in [6.07, 6.45) is 2.03. The summed E-state index contributed by atoms with van der Waals surface area (Å²) in [5.74, 6) is 0.670. The van der Waals surface area contributed by atoms with Gasteiger partial charge in [0.05, 0.1) is 11.1 Å². The standard InChI is InChI=1S/C17H14N2O2S/c1-2-21-18-13-9-14-12-6-4-3-5-11(12)7-8-19(14)15-10-22-17(20)16(13)15/h3-9H,2,10H2,1H3/b18-13+. The lowest BCUT2D eigenvalue weighted by Crippen LogP contribution is -2.17. The molecule has 0 N–H and O–H groups in total. The van der Waals surface area contributed by atoms with Crippen molar-refractivity contribution in [2.75, 3.05) is 6.61 Å². The van der Waals surface area contributed by atoms with Crippen molar-refractivity contribution in [1.29, 1.82) is 0 Å². The van der Waals surface area contributed by atoms with Crippen molar-refractivity contribution in [1.82, 2.24) is 4.40 Å². The Morgan fingerprint density at radius 2 is 2.18 bits per heavy atom. The predicted molar refractivity (Wildman–Crippen MR) is 87.7 cm³/mol. The quantitative estimate of drug-likeness (QED) is 0.538. The maximum atomic E-state index is 12.2. The number of pyridine rings is 2. The van der Waals surface area contributed by atoms with Gasteiger partial charge in [0.25, 0.3) is 0 Å². The monoisotopic (exact) mass is 310 g/mol. The number of carbonyl (C=O) groups excluding carboxylic acids is 1. The number of carbonyl (C=O) groups is 1. The molecule has 1 aliphatic rings. The van der Waals surface area contributed by atoms with E-state index in [1.54, 1.807) is 0 Å². The molecule has 0 saturated heterocycles. The molecule has 0 atom stereocenters. The number of benzene rings is 1. The Kier molecular flexibility index (Phi) is 3.15. The average Bonchev–Trinajstić information content (AvgIpc) is 2.95. The second-order valence-corrected chi connectivity index (χ2v) is 6.04. The number of aromatic nitrogens is 1. The van der Waals surface area contributed by atoms with Crippen molar-refractivity contribution in [2.24, 2.45) is 5.16 Å². The fraction of sp³-hybridized carbons (Fsp3) is 0.176. The second-order valence-electron chi connectivity index (χ2n) is 5.09. The predicted octanol–water partition coefficient (Wildman–Crippen LogP) is 3.33.